The minimum absolute atomic E-state index is 0.0343. The molecule has 3 fully saturated rings. The van der Waals surface area contributed by atoms with Crippen molar-refractivity contribution in [3.05, 3.63) is 35.6 Å². The minimum atomic E-state index is -1.05. The van der Waals surface area contributed by atoms with Crippen molar-refractivity contribution in [3.63, 3.8) is 0 Å². The summed E-state index contributed by atoms with van der Waals surface area (Å²) in [5.74, 6) is -2.88. The lowest BCUT2D eigenvalue weighted by molar-refractivity contribution is -0.142. The van der Waals surface area contributed by atoms with Crippen molar-refractivity contribution in [2.24, 2.45) is 23.7 Å². The van der Waals surface area contributed by atoms with Crippen LogP contribution in [0.1, 0.15) is 65.9 Å². The van der Waals surface area contributed by atoms with Gasteiger partial charge in [-0.15, -0.1) is 0 Å². The molecule has 1 aromatic carbocycles. The molecule has 1 aromatic rings. The van der Waals surface area contributed by atoms with Crippen molar-refractivity contribution >= 4 is 29.5 Å². The van der Waals surface area contributed by atoms with E-state index >= 15 is 0 Å². The number of benzene rings is 1. The first-order valence-corrected chi connectivity index (χ1v) is 15.1. The topological polar surface area (TPSA) is 137 Å². The van der Waals surface area contributed by atoms with Gasteiger partial charge < -0.3 is 26.2 Å². The number of fused-ring (bicyclic) bond motifs is 1. The average molecular weight is 586 g/mol. The van der Waals surface area contributed by atoms with E-state index in [9.17, 15) is 28.4 Å². The summed E-state index contributed by atoms with van der Waals surface area (Å²) in [6.45, 7) is 9.78. The number of carbonyl (C=O) groups excluding carboxylic acids is 5. The second kappa shape index (κ2) is 13.2. The van der Waals surface area contributed by atoms with Crippen LogP contribution in [-0.4, -0.2) is 71.2 Å². The highest BCUT2D eigenvalue weighted by Crippen LogP contribution is 2.41. The third-order valence-electron chi connectivity index (χ3n) is 8.57. The van der Waals surface area contributed by atoms with Crippen molar-refractivity contribution < 1.29 is 28.4 Å². The Morgan fingerprint density at radius 3 is 2.10 bits per heavy atom. The fraction of sp³-hybridized carbons (Fsp3) is 0.645. The molecule has 5 amide bonds. The Kier molecular flexibility index (Phi) is 9.89. The first kappa shape index (κ1) is 31.4. The summed E-state index contributed by atoms with van der Waals surface area (Å²) in [7, 11) is 0. The van der Waals surface area contributed by atoms with Gasteiger partial charge in [-0.2, -0.15) is 0 Å². The van der Waals surface area contributed by atoms with E-state index in [1.165, 1.54) is 17.0 Å². The van der Waals surface area contributed by atoms with E-state index in [-0.39, 0.29) is 30.1 Å². The van der Waals surface area contributed by atoms with Crippen LogP contribution >= 0.6 is 0 Å². The number of nitrogens with one attached hydrogen (secondary N) is 4. The van der Waals surface area contributed by atoms with Gasteiger partial charge in [0.15, 0.2) is 0 Å². The third-order valence-corrected chi connectivity index (χ3v) is 8.57. The molecule has 2 aliphatic heterocycles. The molecule has 0 aromatic heterocycles. The lowest BCUT2D eigenvalue weighted by Crippen LogP contribution is -2.59. The van der Waals surface area contributed by atoms with Crippen LogP contribution in [0.3, 0.4) is 0 Å². The molecular weight excluding hydrogens is 541 g/mol. The maximum absolute atomic E-state index is 14.0. The van der Waals surface area contributed by atoms with E-state index in [4.69, 9.17) is 0 Å². The maximum Gasteiger partial charge on any atom is 0.246 e. The molecule has 1 saturated carbocycles. The zero-order valence-electron chi connectivity index (χ0n) is 25.1. The molecule has 0 spiro atoms. The third kappa shape index (κ3) is 7.46. The largest absolute Gasteiger partial charge is 0.343 e. The van der Waals surface area contributed by atoms with Gasteiger partial charge in [-0.3, -0.25) is 24.0 Å². The van der Waals surface area contributed by atoms with E-state index < -0.39 is 65.6 Å². The van der Waals surface area contributed by atoms with Gasteiger partial charge in [-0.05, 0) is 67.1 Å². The molecule has 2 saturated heterocycles. The van der Waals surface area contributed by atoms with Gasteiger partial charge in [0.25, 0.3) is 0 Å². The molecule has 230 valence electrons. The molecule has 10 nitrogen and oxygen atoms in total. The van der Waals surface area contributed by atoms with Crippen molar-refractivity contribution in [1.29, 1.82) is 0 Å². The summed E-state index contributed by atoms with van der Waals surface area (Å²) in [5, 5.41) is 11.4. The van der Waals surface area contributed by atoms with Gasteiger partial charge in [-0.1, -0.05) is 46.8 Å². The Bertz CT molecular complexity index is 1190. The first-order valence-electron chi connectivity index (χ1n) is 15.1. The predicted molar refractivity (Wildman–Crippen MR) is 154 cm³/mol. The molecule has 3 unspecified atom stereocenters. The predicted octanol–water partition coefficient (Wildman–Crippen LogP) is 1.67. The SMILES string of the molecule is CC(C)C[C@@H]1NC(=O)[C@H](C(C)C)NC(=O)C(C2CC2C)NC(=O)[C@@H]2CCCN2C(=O)[C@H](Cc2ccc(F)cc2)NC1=O. The van der Waals surface area contributed by atoms with Crippen LogP contribution in [0.25, 0.3) is 0 Å². The fourth-order valence-corrected chi connectivity index (χ4v) is 6.01. The van der Waals surface area contributed by atoms with Crippen molar-refractivity contribution in [3.8, 4) is 0 Å². The Morgan fingerprint density at radius 1 is 0.857 bits per heavy atom. The monoisotopic (exact) mass is 585 g/mol. The molecule has 3 aliphatic rings. The second-order valence-corrected chi connectivity index (χ2v) is 12.9. The molecule has 4 rings (SSSR count). The lowest BCUT2D eigenvalue weighted by Gasteiger charge is -2.30. The minimum Gasteiger partial charge on any atom is -0.343 e. The van der Waals surface area contributed by atoms with Crippen LogP contribution in [0.5, 0.6) is 0 Å². The van der Waals surface area contributed by atoms with Crippen LogP contribution in [0.2, 0.25) is 0 Å². The number of rotatable bonds is 6. The fourth-order valence-electron chi connectivity index (χ4n) is 6.01. The average Bonchev–Trinajstić information content (AvgIpc) is 3.43. The summed E-state index contributed by atoms with van der Waals surface area (Å²) >= 11 is 0. The number of hydrogen-bond donors (Lipinski definition) is 4. The van der Waals surface area contributed by atoms with Gasteiger partial charge in [0, 0.05) is 13.0 Å². The first-order chi connectivity index (χ1) is 19.8. The zero-order chi connectivity index (χ0) is 30.7. The van der Waals surface area contributed by atoms with E-state index in [0.29, 0.717) is 31.4 Å². The van der Waals surface area contributed by atoms with E-state index in [2.05, 4.69) is 21.3 Å². The van der Waals surface area contributed by atoms with E-state index in [1.54, 1.807) is 26.0 Å². The Hall–Kier alpha value is -3.50. The van der Waals surface area contributed by atoms with Crippen LogP contribution < -0.4 is 21.3 Å². The van der Waals surface area contributed by atoms with E-state index in [0.717, 1.165) is 6.42 Å². The maximum atomic E-state index is 14.0. The number of carbonyl (C=O) groups is 5. The normalized spacial score (nSPS) is 31.1. The standard InChI is InChI=1S/C31H44FN5O5/c1-16(2)13-22-27(38)34-23(15-19-8-10-20(32)11-9-19)31(42)37-12-6-7-24(37)28(39)36-26(21-14-18(21)5)30(41)35-25(17(3)4)29(40)33-22/h8-11,16-18,21-26H,6-7,12-15H2,1-5H3,(H,33,40)(H,34,38)(H,35,41)(H,36,39)/t18?,21?,22-,23-,24-,25-,26?/m0/s1. The molecular formula is C31H44FN5O5. The van der Waals surface area contributed by atoms with Crippen LogP contribution in [0.4, 0.5) is 4.39 Å². The van der Waals surface area contributed by atoms with Crippen LogP contribution in [0, 0.1) is 29.5 Å². The van der Waals surface area contributed by atoms with Crippen molar-refractivity contribution in [2.45, 2.75) is 96.9 Å². The van der Waals surface area contributed by atoms with E-state index in [1.807, 2.05) is 20.8 Å². The van der Waals surface area contributed by atoms with Crippen LogP contribution in [-0.2, 0) is 30.4 Å². The molecule has 11 heteroatoms. The Morgan fingerprint density at radius 2 is 1.50 bits per heavy atom. The van der Waals surface area contributed by atoms with Gasteiger partial charge >= 0.3 is 0 Å². The summed E-state index contributed by atoms with van der Waals surface area (Å²) in [4.78, 5) is 69.8. The van der Waals surface area contributed by atoms with Crippen molar-refractivity contribution in [2.75, 3.05) is 6.54 Å². The second-order valence-electron chi connectivity index (χ2n) is 12.9. The number of halogens is 1. The summed E-state index contributed by atoms with van der Waals surface area (Å²) in [6.07, 6.45) is 2.17. The highest BCUT2D eigenvalue weighted by Gasteiger charge is 2.47. The number of nitrogens with zero attached hydrogens (tertiary/aromatic N) is 1. The molecule has 2 heterocycles. The molecule has 0 bridgehead atoms. The Balaban J connectivity index is 1.72. The molecule has 42 heavy (non-hydrogen) atoms. The zero-order valence-corrected chi connectivity index (χ0v) is 25.1. The van der Waals surface area contributed by atoms with Crippen molar-refractivity contribution in [1.82, 2.24) is 26.2 Å². The molecule has 4 N–H and O–H groups in total. The number of amides is 5. The molecule has 1 aliphatic carbocycles. The smallest absolute Gasteiger partial charge is 0.246 e. The summed E-state index contributed by atoms with van der Waals surface area (Å²) in [5.41, 5.74) is 0.634. The van der Waals surface area contributed by atoms with Gasteiger partial charge in [0.1, 0.15) is 36.0 Å². The quantitative estimate of drug-likeness (QED) is 0.403. The molecule has 0 radical (unpaired) electrons. The molecule has 7 atom stereocenters. The van der Waals surface area contributed by atoms with Gasteiger partial charge in [0.05, 0.1) is 0 Å². The van der Waals surface area contributed by atoms with Crippen LogP contribution in [0.15, 0.2) is 24.3 Å². The van der Waals surface area contributed by atoms with Gasteiger partial charge in [-0.25, -0.2) is 4.39 Å². The van der Waals surface area contributed by atoms with Gasteiger partial charge in [0.2, 0.25) is 29.5 Å². The summed E-state index contributed by atoms with van der Waals surface area (Å²) < 4.78 is 13.6. The number of hydrogen-bond acceptors (Lipinski definition) is 5. The highest BCUT2D eigenvalue weighted by atomic mass is 19.1. The highest BCUT2D eigenvalue weighted by molar-refractivity contribution is 5.98. The summed E-state index contributed by atoms with van der Waals surface area (Å²) in [6, 6.07) is 1.10. The lowest BCUT2D eigenvalue weighted by atomic mass is 9.98. The Labute approximate surface area is 246 Å².